The summed E-state index contributed by atoms with van der Waals surface area (Å²) in [5.74, 6) is -1.54. The highest BCUT2D eigenvalue weighted by Gasteiger charge is 2.44. The maximum atomic E-state index is 13.7. The first-order valence-corrected chi connectivity index (χ1v) is 13.7. The number of rotatable bonds is 13. The van der Waals surface area contributed by atoms with Gasteiger partial charge in [0.1, 0.15) is 12.1 Å². The van der Waals surface area contributed by atoms with Gasteiger partial charge in [-0.25, -0.2) is 0 Å². The molecule has 1 aliphatic heterocycles. The Morgan fingerprint density at radius 1 is 1.07 bits per heavy atom. The van der Waals surface area contributed by atoms with Crippen molar-refractivity contribution >= 4 is 23.7 Å². The number of β-amino-alcohol motifs (C(OH)–C–C–N with tert-alkyl or cyclic N) is 1. The van der Waals surface area contributed by atoms with Crippen LogP contribution in [-0.4, -0.2) is 77.3 Å². The Bertz CT molecular complexity index is 1060. The van der Waals surface area contributed by atoms with Gasteiger partial charge < -0.3 is 30.5 Å². The van der Waals surface area contributed by atoms with E-state index in [1.807, 2.05) is 26.8 Å². The minimum atomic E-state index is -0.980. The molecule has 1 aromatic carbocycles. The summed E-state index contributed by atoms with van der Waals surface area (Å²) < 4.78 is 4.62. The highest BCUT2D eigenvalue weighted by atomic mass is 16.5. The smallest absolute Gasteiger partial charge is 0.305 e. The first kappa shape index (κ1) is 32.7. The molecule has 0 bridgehead atoms. The van der Waals surface area contributed by atoms with Gasteiger partial charge in [-0.15, -0.1) is 0 Å². The maximum Gasteiger partial charge on any atom is 0.305 e. The predicted molar refractivity (Wildman–Crippen MR) is 146 cm³/mol. The van der Waals surface area contributed by atoms with Crippen molar-refractivity contribution in [2.24, 2.45) is 5.41 Å². The average molecular weight is 559 g/mol. The van der Waals surface area contributed by atoms with Crippen molar-refractivity contribution < 1.29 is 34.1 Å². The van der Waals surface area contributed by atoms with E-state index in [1.165, 1.54) is 12.0 Å². The quantitative estimate of drug-likeness (QED) is 0.209. The highest BCUT2D eigenvalue weighted by Crippen LogP contribution is 2.27. The van der Waals surface area contributed by atoms with E-state index in [0.717, 1.165) is 12.8 Å². The van der Waals surface area contributed by atoms with E-state index in [2.05, 4.69) is 15.4 Å². The fraction of sp³-hybridized carbons (Fsp3) is 0.621. The zero-order chi connectivity index (χ0) is 29.9. The average Bonchev–Trinajstić information content (AvgIpc) is 3.32. The molecule has 4 N–H and O–H groups in total. The molecule has 0 saturated carbocycles. The third-order valence-corrected chi connectivity index (χ3v) is 6.99. The van der Waals surface area contributed by atoms with Crippen LogP contribution in [0.15, 0.2) is 24.3 Å². The Hall–Kier alpha value is -3.49. The molecule has 0 aliphatic carbocycles. The Balaban J connectivity index is 2.04. The number of amides is 3. The molecule has 0 radical (unpaired) electrons. The molecule has 3 amide bonds. The number of aliphatic hydroxyl groups excluding tert-OH is 2. The van der Waals surface area contributed by atoms with Crippen molar-refractivity contribution in [2.75, 3.05) is 20.3 Å². The summed E-state index contributed by atoms with van der Waals surface area (Å²) >= 11 is 0. The number of carbonyl (C=O) groups is 4. The van der Waals surface area contributed by atoms with Crippen molar-refractivity contribution in [3.63, 3.8) is 0 Å². The van der Waals surface area contributed by atoms with Crippen LogP contribution in [0.2, 0.25) is 0 Å². The minimum absolute atomic E-state index is 0.0273. The van der Waals surface area contributed by atoms with Crippen LogP contribution in [0, 0.1) is 16.7 Å². The van der Waals surface area contributed by atoms with Gasteiger partial charge in [-0.1, -0.05) is 45.7 Å². The molecule has 2 rings (SSSR count). The summed E-state index contributed by atoms with van der Waals surface area (Å²) in [7, 11) is 1.35. The highest BCUT2D eigenvalue weighted by molar-refractivity contribution is 5.93. The molecule has 11 heteroatoms. The summed E-state index contributed by atoms with van der Waals surface area (Å²) in [6.45, 7) is 5.00. The number of aliphatic hydroxyl groups is 2. The molecule has 11 nitrogen and oxygen atoms in total. The summed E-state index contributed by atoms with van der Waals surface area (Å²) in [5.41, 5.74) is 0.366. The number of methoxy groups -OCH3 is 1. The molecule has 1 heterocycles. The van der Waals surface area contributed by atoms with Crippen LogP contribution in [0.25, 0.3) is 0 Å². The number of hydrogen-bond donors (Lipinski definition) is 4. The molecule has 1 aliphatic rings. The fourth-order valence-electron chi connectivity index (χ4n) is 4.66. The summed E-state index contributed by atoms with van der Waals surface area (Å²) in [6.07, 6.45) is 2.49. The largest absolute Gasteiger partial charge is 0.469 e. The number of unbranched alkanes of at least 4 members (excludes halogenated alkanes) is 3. The zero-order valence-corrected chi connectivity index (χ0v) is 23.8. The lowest BCUT2D eigenvalue weighted by molar-refractivity contribution is -0.144. The predicted octanol–water partition coefficient (Wildman–Crippen LogP) is 1.71. The van der Waals surface area contributed by atoms with Crippen molar-refractivity contribution in [1.82, 2.24) is 15.5 Å². The number of nitrogens with zero attached hydrogens (tertiary/aromatic N) is 2. The van der Waals surface area contributed by atoms with Crippen LogP contribution in [0.1, 0.15) is 82.9 Å². The topological polar surface area (TPSA) is 169 Å². The van der Waals surface area contributed by atoms with E-state index in [1.54, 1.807) is 24.3 Å². The van der Waals surface area contributed by atoms with Gasteiger partial charge in [0, 0.05) is 25.8 Å². The van der Waals surface area contributed by atoms with Crippen LogP contribution in [-0.2, 0) is 23.9 Å². The van der Waals surface area contributed by atoms with Gasteiger partial charge in [-0.05, 0) is 36.0 Å². The third-order valence-electron chi connectivity index (χ3n) is 6.99. The minimum Gasteiger partial charge on any atom is -0.469 e. The van der Waals surface area contributed by atoms with Crippen molar-refractivity contribution in [3.8, 4) is 6.07 Å². The SMILES string of the molecule is COC(=O)CCCCCCC(=O)NC(C(=O)N1C[C@H](O)C[C@H]1C(=O)N[C@@H](CO)c1ccc(C#N)cc1)C(C)(C)C. The molecular weight excluding hydrogens is 516 g/mol. The van der Waals surface area contributed by atoms with Crippen molar-refractivity contribution in [3.05, 3.63) is 35.4 Å². The van der Waals surface area contributed by atoms with E-state index in [9.17, 15) is 29.4 Å². The fourth-order valence-corrected chi connectivity index (χ4v) is 4.66. The number of benzene rings is 1. The maximum absolute atomic E-state index is 13.7. The Morgan fingerprint density at radius 3 is 2.25 bits per heavy atom. The first-order valence-electron chi connectivity index (χ1n) is 13.7. The zero-order valence-electron chi connectivity index (χ0n) is 23.8. The number of nitriles is 1. The van der Waals surface area contributed by atoms with Crippen LogP contribution in [0.3, 0.4) is 0 Å². The molecular formula is C29H42N4O7. The standard InChI is InChI=1S/C29H42N4O7/c1-29(2,3)26(32-24(36)9-7-5-6-8-10-25(37)40-4)28(39)33-17-21(35)15-23(33)27(38)31-22(18-34)20-13-11-19(16-30)12-14-20/h11-14,21-23,26,34-35H,5-10,15,17-18H2,1-4H3,(H,31,38)(H,32,36)/t21-,22+,23+,26?/m1/s1. The summed E-state index contributed by atoms with van der Waals surface area (Å²) in [4.78, 5) is 52.2. The molecule has 1 fully saturated rings. The molecule has 220 valence electrons. The van der Waals surface area contributed by atoms with Gasteiger partial charge >= 0.3 is 5.97 Å². The van der Waals surface area contributed by atoms with Gasteiger partial charge in [0.05, 0.1) is 37.5 Å². The lowest BCUT2D eigenvalue weighted by atomic mass is 9.85. The molecule has 1 unspecified atom stereocenters. The van der Waals surface area contributed by atoms with E-state index >= 15 is 0 Å². The van der Waals surface area contributed by atoms with Crippen molar-refractivity contribution in [2.45, 2.75) is 89.9 Å². The van der Waals surface area contributed by atoms with Gasteiger partial charge in [0.15, 0.2) is 0 Å². The van der Waals surface area contributed by atoms with Gasteiger partial charge in [-0.2, -0.15) is 5.26 Å². The van der Waals surface area contributed by atoms with E-state index in [4.69, 9.17) is 5.26 Å². The molecule has 0 spiro atoms. The van der Waals surface area contributed by atoms with E-state index < -0.39 is 48.1 Å². The third kappa shape index (κ3) is 9.61. The van der Waals surface area contributed by atoms with Crippen molar-refractivity contribution in [1.29, 1.82) is 5.26 Å². The molecule has 1 aromatic rings. The van der Waals surface area contributed by atoms with Gasteiger partial charge in [0.25, 0.3) is 0 Å². The Morgan fingerprint density at radius 2 is 1.70 bits per heavy atom. The summed E-state index contributed by atoms with van der Waals surface area (Å²) in [6, 6.07) is 5.78. The Labute approximate surface area is 235 Å². The van der Waals surface area contributed by atoms with Gasteiger partial charge in [-0.3, -0.25) is 19.2 Å². The second kappa shape index (κ2) is 15.3. The first-order chi connectivity index (χ1) is 18.9. The molecule has 40 heavy (non-hydrogen) atoms. The number of carbonyl (C=O) groups excluding carboxylic acids is 4. The second-order valence-electron chi connectivity index (χ2n) is 11.2. The van der Waals surface area contributed by atoms with Gasteiger partial charge in [0.2, 0.25) is 17.7 Å². The van der Waals surface area contributed by atoms with E-state index in [0.29, 0.717) is 30.4 Å². The van der Waals surface area contributed by atoms with E-state index in [-0.39, 0.29) is 31.3 Å². The van der Waals surface area contributed by atoms with Crippen LogP contribution in [0.5, 0.6) is 0 Å². The van der Waals surface area contributed by atoms with Crippen LogP contribution < -0.4 is 10.6 Å². The molecule has 4 atom stereocenters. The molecule has 0 aromatic heterocycles. The number of hydrogen-bond acceptors (Lipinski definition) is 8. The normalized spacial score (nSPS) is 18.4. The Kier molecular flexibility index (Phi) is 12.5. The van der Waals surface area contributed by atoms with Crippen LogP contribution >= 0.6 is 0 Å². The van der Waals surface area contributed by atoms with Crippen LogP contribution in [0.4, 0.5) is 0 Å². The number of esters is 1. The molecule has 1 saturated heterocycles. The lowest BCUT2D eigenvalue weighted by Gasteiger charge is -2.35. The summed E-state index contributed by atoms with van der Waals surface area (Å²) in [5, 5.41) is 34.8. The lowest BCUT2D eigenvalue weighted by Crippen LogP contribution is -2.58. The number of nitrogens with one attached hydrogen (secondary N) is 2. The second-order valence-corrected chi connectivity index (χ2v) is 11.2. The number of likely N-dealkylation sites (tertiary alicyclic amines) is 1. The number of ether oxygens (including phenoxy) is 1. The monoisotopic (exact) mass is 558 g/mol.